The smallest absolute Gasteiger partial charge is 0.0172 e. The zero-order valence-corrected chi connectivity index (χ0v) is 15.6. The van der Waals surface area contributed by atoms with Gasteiger partial charge in [0.25, 0.3) is 0 Å². The Bertz CT molecular complexity index is 373. The van der Waals surface area contributed by atoms with Gasteiger partial charge in [0, 0.05) is 0 Å². The Morgan fingerprint density at radius 3 is 2.09 bits per heavy atom. The highest BCUT2D eigenvalue weighted by molar-refractivity contribution is 5.12. The molecule has 1 rings (SSSR count). The van der Waals surface area contributed by atoms with Crippen molar-refractivity contribution in [1.29, 1.82) is 0 Å². The molecule has 0 saturated heterocycles. The number of allylic oxidation sites excluding steroid dienone is 4. The van der Waals surface area contributed by atoms with Crippen molar-refractivity contribution in [2.24, 2.45) is 35.5 Å². The summed E-state index contributed by atoms with van der Waals surface area (Å²) in [7, 11) is 0. The molecule has 0 amide bonds. The van der Waals surface area contributed by atoms with Crippen LogP contribution in [0.3, 0.4) is 0 Å². The molecule has 0 heteroatoms. The van der Waals surface area contributed by atoms with Crippen molar-refractivity contribution in [2.75, 3.05) is 0 Å². The van der Waals surface area contributed by atoms with Gasteiger partial charge in [-0.05, 0) is 74.5 Å². The Morgan fingerprint density at radius 1 is 1.05 bits per heavy atom. The van der Waals surface area contributed by atoms with Crippen molar-refractivity contribution in [1.82, 2.24) is 0 Å². The molecule has 0 nitrogen and oxygen atoms in total. The Labute approximate surface area is 139 Å². The standard InChI is InChI=1S/C22H38/c1-8-10-17(5)14-21-19(7)12-13-20(16(3)4)22(21)15-18(6)11-9-2/h8-9,12,16-18,20-22H,1-2,10-11,13-15H2,3-7H3/t17?,18?,20-,21+,22-/m1/s1. The Morgan fingerprint density at radius 2 is 1.59 bits per heavy atom. The van der Waals surface area contributed by atoms with Gasteiger partial charge in [0.15, 0.2) is 0 Å². The van der Waals surface area contributed by atoms with E-state index in [1.165, 1.54) is 19.3 Å². The second-order valence-corrected chi connectivity index (χ2v) is 8.09. The van der Waals surface area contributed by atoms with Crippen molar-refractivity contribution in [3.63, 3.8) is 0 Å². The Kier molecular flexibility index (Phi) is 8.21. The summed E-state index contributed by atoms with van der Waals surface area (Å²) in [5.41, 5.74) is 1.64. The lowest BCUT2D eigenvalue weighted by Crippen LogP contribution is -2.33. The highest BCUT2D eigenvalue weighted by atomic mass is 14.4. The van der Waals surface area contributed by atoms with Crippen LogP contribution in [0.15, 0.2) is 37.0 Å². The van der Waals surface area contributed by atoms with Crippen molar-refractivity contribution in [3.8, 4) is 0 Å². The van der Waals surface area contributed by atoms with Crippen LogP contribution < -0.4 is 0 Å². The number of hydrogen-bond acceptors (Lipinski definition) is 0. The molecule has 0 saturated carbocycles. The van der Waals surface area contributed by atoms with Gasteiger partial charge in [0.1, 0.15) is 0 Å². The highest BCUT2D eigenvalue weighted by Gasteiger charge is 2.35. The fourth-order valence-electron chi connectivity index (χ4n) is 4.41. The topological polar surface area (TPSA) is 0 Å². The molecule has 5 atom stereocenters. The predicted molar refractivity (Wildman–Crippen MR) is 101 cm³/mol. The van der Waals surface area contributed by atoms with Crippen LogP contribution in [0.1, 0.15) is 66.7 Å². The molecule has 1 aliphatic carbocycles. The molecule has 0 spiro atoms. The maximum atomic E-state index is 3.93. The molecule has 0 aromatic carbocycles. The maximum Gasteiger partial charge on any atom is -0.0172 e. The summed E-state index contributed by atoms with van der Waals surface area (Å²) < 4.78 is 0. The van der Waals surface area contributed by atoms with E-state index in [4.69, 9.17) is 0 Å². The third kappa shape index (κ3) is 5.45. The SMILES string of the molecule is C=CCC(C)C[C@@H]1[C@@H](C(C)C)CC=C(C)[C@@H]1CC(C)CC=C. The van der Waals surface area contributed by atoms with Crippen molar-refractivity contribution in [3.05, 3.63) is 37.0 Å². The van der Waals surface area contributed by atoms with Crippen LogP contribution in [0.25, 0.3) is 0 Å². The fourth-order valence-corrected chi connectivity index (χ4v) is 4.41. The van der Waals surface area contributed by atoms with Crippen LogP contribution in [-0.2, 0) is 0 Å². The number of rotatable bonds is 9. The normalized spacial score (nSPS) is 28.1. The van der Waals surface area contributed by atoms with E-state index >= 15 is 0 Å². The van der Waals surface area contributed by atoms with E-state index in [-0.39, 0.29) is 0 Å². The molecule has 2 unspecified atom stereocenters. The lowest BCUT2D eigenvalue weighted by atomic mass is 9.63. The minimum atomic E-state index is 0.744. The van der Waals surface area contributed by atoms with E-state index < -0.39 is 0 Å². The minimum Gasteiger partial charge on any atom is -0.103 e. The predicted octanol–water partition coefficient (Wildman–Crippen LogP) is 7.05. The van der Waals surface area contributed by atoms with Gasteiger partial charge < -0.3 is 0 Å². The first-order chi connectivity index (χ1) is 10.4. The molecule has 0 aromatic rings. The molecule has 0 radical (unpaired) electrons. The summed E-state index contributed by atoms with van der Waals surface area (Å²) in [5, 5.41) is 0. The van der Waals surface area contributed by atoms with Gasteiger partial charge in [-0.2, -0.15) is 0 Å². The van der Waals surface area contributed by atoms with Gasteiger partial charge in [0.05, 0.1) is 0 Å². The van der Waals surface area contributed by atoms with Gasteiger partial charge >= 0.3 is 0 Å². The molecular formula is C22H38. The van der Waals surface area contributed by atoms with E-state index in [9.17, 15) is 0 Å². The van der Waals surface area contributed by atoms with Gasteiger partial charge in [-0.25, -0.2) is 0 Å². The average molecular weight is 303 g/mol. The van der Waals surface area contributed by atoms with E-state index in [1.807, 2.05) is 0 Å². The first-order valence-corrected chi connectivity index (χ1v) is 9.29. The largest absolute Gasteiger partial charge is 0.103 e. The molecule has 0 fully saturated rings. The van der Waals surface area contributed by atoms with Crippen LogP contribution >= 0.6 is 0 Å². The van der Waals surface area contributed by atoms with E-state index in [1.54, 1.807) is 5.57 Å². The fraction of sp³-hybridized carbons (Fsp3) is 0.727. The van der Waals surface area contributed by atoms with Gasteiger partial charge in [-0.15, -0.1) is 13.2 Å². The van der Waals surface area contributed by atoms with E-state index in [2.05, 4.69) is 66.0 Å². The van der Waals surface area contributed by atoms with E-state index in [0.29, 0.717) is 0 Å². The van der Waals surface area contributed by atoms with Gasteiger partial charge in [0.2, 0.25) is 0 Å². The summed E-state index contributed by atoms with van der Waals surface area (Å²) in [5.74, 6) is 4.73. The van der Waals surface area contributed by atoms with Crippen LogP contribution in [0, 0.1) is 35.5 Å². The molecule has 0 heterocycles. The second-order valence-electron chi connectivity index (χ2n) is 8.09. The van der Waals surface area contributed by atoms with Crippen LogP contribution in [0.4, 0.5) is 0 Å². The lowest BCUT2D eigenvalue weighted by Gasteiger charge is -2.42. The van der Waals surface area contributed by atoms with E-state index in [0.717, 1.165) is 48.3 Å². The first-order valence-electron chi connectivity index (χ1n) is 9.29. The maximum absolute atomic E-state index is 3.93. The number of hydrogen-bond donors (Lipinski definition) is 0. The van der Waals surface area contributed by atoms with Crippen LogP contribution in [0.2, 0.25) is 0 Å². The lowest BCUT2D eigenvalue weighted by molar-refractivity contribution is 0.137. The molecule has 0 bridgehead atoms. The molecule has 22 heavy (non-hydrogen) atoms. The first kappa shape index (κ1) is 19.3. The Balaban J connectivity index is 2.93. The third-order valence-corrected chi connectivity index (χ3v) is 5.69. The molecule has 1 aliphatic rings. The van der Waals surface area contributed by atoms with Crippen molar-refractivity contribution in [2.45, 2.75) is 66.7 Å². The zero-order valence-electron chi connectivity index (χ0n) is 15.6. The van der Waals surface area contributed by atoms with Crippen LogP contribution in [-0.4, -0.2) is 0 Å². The quantitative estimate of drug-likeness (QED) is 0.400. The minimum absolute atomic E-state index is 0.744. The summed E-state index contributed by atoms with van der Waals surface area (Å²) >= 11 is 0. The molecule has 0 N–H and O–H groups in total. The summed E-state index contributed by atoms with van der Waals surface area (Å²) in [6.45, 7) is 19.8. The zero-order chi connectivity index (χ0) is 16.7. The summed E-state index contributed by atoms with van der Waals surface area (Å²) in [6.07, 6.45) is 13.0. The average Bonchev–Trinajstić information content (AvgIpc) is 2.43. The molecule has 0 aromatic heterocycles. The highest BCUT2D eigenvalue weighted by Crippen LogP contribution is 2.45. The molecular weight excluding hydrogens is 264 g/mol. The monoisotopic (exact) mass is 302 g/mol. The van der Waals surface area contributed by atoms with Crippen molar-refractivity contribution >= 4 is 0 Å². The third-order valence-electron chi connectivity index (χ3n) is 5.69. The summed E-state index contributed by atoms with van der Waals surface area (Å²) in [4.78, 5) is 0. The second kappa shape index (κ2) is 9.38. The molecule has 126 valence electrons. The Hall–Kier alpha value is -0.780. The van der Waals surface area contributed by atoms with Gasteiger partial charge in [-0.1, -0.05) is 51.5 Å². The molecule has 0 aliphatic heterocycles. The summed E-state index contributed by atoms with van der Waals surface area (Å²) in [6, 6.07) is 0. The van der Waals surface area contributed by atoms with Crippen LogP contribution in [0.5, 0.6) is 0 Å². The van der Waals surface area contributed by atoms with Gasteiger partial charge in [-0.3, -0.25) is 0 Å². The van der Waals surface area contributed by atoms with Crippen molar-refractivity contribution < 1.29 is 0 Å².